The largest absolute Gasteiger partial charge is 0.444 e. The number of ether oxygens (including phenoxy) is 5. The quantitative estimate of drug-likeness (QED) is 0.0263. The number of imide groups is 1. The predicted molar refractivity (Wildman–Crippen MR) is 355 cm³/mol. The molecule has 3 aliphatic heterocycles. The Bertz CT molecular complexity index is 3260. The van der Waals surface area contributed by atoms with E-state index in [0.717, 1.165) is 34.1 Å². The first-order valence-corrected chi connectivity index (χ1v) is 34.3. The number of primary amides is 1. The summed E-state index contributed by atoms with van der Waals surface area (Å²) in [5.74, 6) is -7.33. The van der Waals surface area contributed by atoms with Gasteiger partial charge in [-0.15, -0.1) is 0 Å². The molecule has 12 amide bonds. The Balaban J connectivity index is 1.23. The number of hydrogen-bond donors (Lipinski definition) is 9. The summed E-state index contributed by atoms with van der Waals surface area (Å²) in [5.41, 5.74) is 3.75. The Hall–Kier alpha value is -8.14. The maximum absolute atomic E-state index is 14.8. The van der Waals surface area contributed by atoms with E-state index in [0.29, 0.717) is 31.4 Å². The second-order valence-electron chi connectivity index (χ2n) is 25.7. The van der Waals surface area contributed by atoms with Gasteiger partial charge in [0.2, 0.25) is 35.4 Å². The monoisotopic (exact) mass is 1400 g/mol. The van der Waals surface area contributed by atoms with E-state index < -0.39 is 153 Å². The van der Waals surface area contributed by atoms with E-state index in [1.807, 2.05) is 19.9 Å². The van der Waals surface area contributed by atoms with Gasteiger partial charge < -0.3 is 76.2 Å². The second-order valence-corrected chi connectivity index (χ2v) is 27.1. The van der Waals surface area contributed by atoms with Crippen molar-refractivity contribution in [2.75, 3.05) is 79.7 Å². The fourth-order valence-corrected chi connectivity index (χ4v) is 12.9. The number of carbonyl (C=O) groups is 11. The van der Waals surface area contributed by atoms with Gasteiger partial charge >= 0.3 is 12.1 Å². The lowest BCUT2D eigenvalue weighted by Crippen LogP contribution is -2.71. The first kappa shape index (κ1) is 80.5. The molecule has 0 aliphatic carbocycles. The predicted octanol–water partition coefficient (Wildman–Crippen LogP) is 1.91. The fraction of sp³-hybridized carbons (Fsp3) is 0.621. The molecule has 10 N–H and O–H groups in total. The molecule has 98 heavy (non-hydrogen) atoms. The van der Waals surface area contributed by atoms with E-state index >= 15 is 0 Å². The molecule has 0 saturated carbocycles. The molecule has 32 heteroatoms. The number of hydrogen-bond acceptors (Lipinski definition) is 19. The van der Waals surface area contributed by atoms with Crippen LogP contribution in [0.3, 0.4) is 0 Å². The SMILES string of the molecule is CC[C@H](C)[C@@H]([C@@H](CC(=O)N1CCCC1C(OC)C(C)C(=O)NC(C)C(O)c1ccccc1)OC)N(C)C(=O)C(NC(=O)[C@H](C(C)C)N(C)C(=O)OCc1ccc(NC(=O)C(CCCNC(N)=O)NC(=O)C2(NC(=O)CCOCCN3C(=O)C=CC3=O)COC2)cc1S(=O)(=O)O)C(C)C. The lowest BCUT2D eigenvalue weighted by molar-refractivity contribution is -0.155. The molecule has 544 valence electrons. The molecule has 3 aliphatic rings. The van der Waals surface area contributed by atoms with Gasteiger partial charge in [0.05, 0.1) is 81.7 Å². The third-order valence-corrected chi connectivity index (χ3v) is 18.9. The van der Waals surface area contributed by atoms with Gasteiger partial charge in [0.15, 0.2) is 5.54 Å². The molecule has 31 nitrogen and oxygen atoms in total. The number of urea groups is 1. The molecule has 11 atom stereocenters. The highest BCUT2D eigenvalue weighted by atomic mass is 32.2. The topological polar surface area (TPSA) is 420 Å². The van der Waals surface area contributed by atoms with Crippen molar-refractivity contribution in [2.24, 2.45) is 29.4 Å². The number of amides is 12. The van der Waals surface area contributed by atoms with Crippen molar-refractivity contribution in [1.29, 1.82) is 0 Å². The normalized spacial score (nSPS) is 18.2. The van der Waals surface area contributed by atoms with E-state index in [-0.39, 0.29) is 94.2 Å². The van der Waals surface area contributed by atoms with Gasteiger partial charge in [0.25, 0.3) is 27.8 Å². The van der Waals surface area contributed by atoms with Crippen LogP contribution in [-0.2, 0) is 83.6 Å². The third kappa shape index (κ3) is 21.7. The van der Waals surface area contributed by atoms with Crippen LogP contribution in [0.1, 0.15) is 118 Å². The summed E-state index contributed by atoms with van der Waals surface area (Å²) in [6.07, 6.45) is -0.0497. The molecular formula is C66H99N11O20S. The Labute approximate surface area is 572 Å². The minimum Gasteiger partial charge on any atom is -0.444 e. The van der Waals surface area contributed by atoms with Gasteiger partial charge in [0, 0.05) is 71.2 Å². The van der Waals surface area contributed by atoms with Crippen molar-refractivity contribution >= 4 is 81.1 Å². The maximum atomic E-state index is 14.8. The van der Waals surface area contributed by atoms with Gasteiger partial charge in [-0.25, -0.2) is 9.59 Å². The van der Waals surface area contributed by atoms with Gasteiger partial charge in [-0.3, -0.25) is 57.5 Å². The molecule has 0 bridgehead atoms. The van der Waals surface area contributed by atoms with Gasteiger partial charge in [-0.05, 0) is 68.1 Å². The van der Waals surface area contributed by atoms with Crippen LogP contribution in [-0.4, -0.2) is 231 Å². The zero-order chi connectivity index (χ0) is 72.9. The average molecular weight is 1400 g/mol. The number of benzene rings is 2. The van der Waals surface area contributed by atoms with Crippen molar-refractivity contribution in [2.45, 2.75) is 172 Å². The van der Waals surface area contributed by atoms with E-state index in [9.17, 15) is 70.8 Å². The Morgan fingerprint density at radius 2 is 1.50 bits per heavy atom. The number of nitrogens with two attached hydrogens (primary N) is 1. The number of methoxy groups -OCH3 is 2. The summed E-state index contributed by atoms with van der Waals surface area (Å²) in [6, 6.07) is 5.70. The lowest BCUT2D eigenvalue weighted by atomic mass is 9.89. The Morgan fingerprint density at radius 3 is 2.07 bits per heavy atom. The molecule has 3 heterocycles. The summed E-state index contributed by atoms with van der Waals surface area (Å²) in [5, 5.41) is 26.8. The summed E-state index contributed by atoms with van der Waals surface area (Å²) >= 11 is 0. The minimum absolute atomic E-state index is 0.0279. The number of rotatable bonds is 38. The number of nitrogens with one attached hydrogen (secondary N) is 6. The highest BCUT2D eigenvalue weighted by Gasteiger charge is 2.49. The zero-order valence-electron chi connectivity index (χ0n) is 57.9. The van der Waals surface area contributed by atoms with Crippen molar-refractivity contribution in [3.05, 3.63) is 71.8 Å². The van der Waals surface area contributed by atoms with Crippen LogP contribution in [0.5, 0.6) is 0 Å². The number of nitrogens with zero attached hydrogens (tertiary/aromatic N) is 4. The second kappa shape index (κ2) is 37.2. The van der Waals surface area contributed by atoms with Gasteiger partial charge in [-0.1, -0.05) is 91.3 Å². The molecule has 2 aromatic carbocycles. The van der Waals surface area contributed by atoms with E-state index in [4.69, 9.17) is 29.4 Å². The number of aliphatic hydroxyl groups excluding tert-OH is 1. The number of anilines is 1. The number of aliphatic hydroxyl groups is 1. The smallest absolute Gasteiger partial charge is 0.410 e. The summed E-state index contributed by atoms with van der Waals surface area (Å²) in [6.45, 7) is 12.8. The number of likely N-dealkylation sites (N-methyl/N-ethyl adjacent to an activating group) is 2. The molecule has 0 aromatic heterocycles. The number of carbonyl (C=O) groups excluding carboxylic acids is 11. The molecule has 2 aromatic rings. The van der Waals surface area contributed by atoms with Crippen molar-refractivity contribution in [3.8, 4) is 0 Å². The van der Waals surface area contributed by atoms with Crippen LogP contribution < -0.4 is 37.6 Å². The summed E-state index contributed by atoms with van der Waals surface area (Å²) in [4.78, 5) is 152. The maximum Gasteiger partial charge on any atom is 0.410 e. The van der Waals surface area contributed by atoms with E-state index in [1.54, 1.807) is 77.8 Å². The first-order chi connectivity index (χ1) is 46.2. The van der Waals surface area contributed by atoms with Crippen LogP contribution in [0.4, 0.5) is 15.3 Å². The molecular weight excluding hydrogens is 1300 g/mol. The van der Waals surface area contributed by atoms with Gasteiger partial charge in [-0.2, -0.15) is 8.42 Å². The van der Waals surface area contributed by atoms with Crippen LogP contribution in [0, 0.1) is 23.7 Å². The Morgan fingerprint density at radius 1 is 0.837 bits per heavy atom. The molecule has 7 unspecified atom stereocenters. The summed E-state index contributed by atoms with van der Waals surface area (Å²) in [7, 11) is 0.665. The van der Waals surface area contributed by atoms with Crippen LogP contribution >= 0.6 is 0 Å². The molecule has 5 rings (SSSR count). The van der Waals surface area contributed by atoms with E-state index in [1.165, 1.54) is 32.2 Å². The molecule has 0 radical (unpaired) electrons. The Kier molecular flexibility index (Phi) is 30.5. The van der Waals surface area contributed by atoms with Crippen LogP contribution in [0.25, 0.3) is 0 Å². The van der Waals surface area contributed by atoms with Crippen molar-refractivity contribution < 1.29 is 94.5 Å². The number of likely N-dealkylation sites (tertiary alicyclic amines) is 1. The summed E-state index contributed by atoms with van der Waals surface area (Å²) < 4.78 is 64.5. The fourth-order valence-electron chi connectivity index (χ4n) is 12.2. The lowest BCUT2D eigenvalue weighted by Gasteiger charge is -2.41. The zero-order valence-corrected chi connectivity index (χ0v) is 58.7. The molecule has 2 saturated heterocycles. The third-order valence-electron chi connectivity index (χ3n) is 18.0. The van der Waals surface area contributed by atoms with Gasteiger partial charge in [0.1, 0.15) is 29.6 Å². The minimum atomic E-state index is -5.13. The van der Waals surface area contributed by atoms with Crippen molar-refractivity contribution in [1.82, 2.24) is 46.2 Å². The van der Waals surface area contributed by atoms with Crippen molar-refractivity contribution in [3.63, 3.8) is 0 Å². The standard InChI is InChI=1S/C66H99N11O20S/c1-13-40(6)56(48(93-11)34-53(81)76-29-18-22-47(76)58(94-12)41(7)59(83)69-42(8)57(82)43-19-15-14-16-20-43)74(9)62(86)54(38(2)3)72-61(85)55(39(4)5)75(10)65(89)97-35-44-23-24-45(33-49(44)98(90,91)92)70-60(84)46(21-17-28-68-64(67)88)71-63(87)66(36-96-37-66)73-50(78)27-31-95-32-30-77-51(79)25-26-52(77)80/h14-16,19-20,23-26,33,38-42,46-48,54-58,82H,13,17-18,21-22,27-32,34-37H2,1-12H3,(H,69,83)(H,70,84)(H,71,87)(H,72,85)(H,73,78)(H3,67,68,88)(H,90,91,92)/t40-,41?,42?,46?,47?,48+,54?,55-,56-,57?,58?/m0/s1. The average Bonchev–Trinajstić information content (AvgIpc) is 0.932. The van der Waals surface area contributed by atoms with Crippen LogP contribution in [0.2, 0.25) is 0 Å². The first-order valence-electron chi connectivity index (χ1n) is 32.8. The molecule has 0 spiro atoms. The molecule has 2 fully saturated rings. The highest BCUT2D eigenvalue weighted by Crippen LogP contribution is 2.31. The van der Waals surface area contributed by atoms with E-state index in [2.05, 4.69) is 31.9 Å². The highest BCUT2D eigenvalue weighted by molar-refractivity contribution is 7.85. The van der Waals surface area contributed by atoms with Crippen LogP contribution in [0.15, 0.2) is 65.6 Å².